The van der Waals surface area contributed by atoms with Crippen LogP contribution in [0.3, 0.4) is 0 Å². The van der Waals surface area contributed by atoms with Crippen LogP contribution in [-0.2, 0) is 31.9 Å². The summed E-state index contributed by atoms with van der Waals surface area (Å²) in [4.78, 5) is 0. The summed E-state index contributed by atoms with van der Waals surface area (Å²) in [6.45, 7) is 11.5. The largest absolute Gasteiger partial charge is 0.408 e. The van der Waals surface area contributed by atoms with Gasteiger partial charge in [-0.3, -0.25) is 0 Å². The van der Waals surface area contributed by atoms with Gasteiger partial charge in [-0.2, -0.15) is 0 Å². The molecule has 1 saturated heterocycles. The van der Waals surface area contributed by atoms with Crippen LogP contribution in [0.5, 0.6) is 0 Å². The Morgan fingerprint density at radius 2 is 1.39 bits per heavy atom. The molecule has 0 aromatic heterocycles. The zero-order chi connectivity index (χ0) is 24.1. The molecular weight excluding hydrogens is 436 g/mol. The van der Waals surface area contributed by atoms with Crippen molar-refractivity contribution < 1.29 is 28.8 Å². The third kappa shape index (κ3) is 6.96. The molecule has 182 valence electrons. The maximum Gasteiger partial charge on any atom is 0.192 e. The molecular formula is C26H38O6Si. The number of aliphatic hydroxyl groups is 2. The van der Waals surface area contributed by atoms with Gasteiger partial charge in [0.2, 0.25) is 0 Å². The van der Waals surface area contributed by atoms with Crippen LogP contribution in [-0.4, -0.2) is 55.8 Å². The van der Waals surface area contributed by atoms with Crippen molar-refractivity contribution in [3.05, 3.63) is 71.8 Å². The lowest BCUT2D eigenvalue weighted by Gasteiger charge is -2.47. The van der Waals surface area contributed by atoms with Crippen molar-refractivity contribution in [1.82, 2.24) is 0 Å². The highest BCUT2D eigenvalue weighted by atomic mass is 28.4. The lowest BCUT2D eigenvalue weighted by molar-refractivity contribution is -0.297. The van der Waals surface area contributed by atoms with Gasteiger partial charge in [0, 0.05) is 0 Å². The van der Waals surface area contributed by atoms with Gasteiger partial charge in [-0.05, 0) is 29.3 Å². The van der Waals surface area contributed by atoms with Gasteiger partial charge in [0.05, 0.1) is 19.8 Å². The Kier molecular flexibility index (Phi) is 8.86. The number of hydrogen-bond donors (Lipinski definition) is 2. The van der Waals surface area contributed by atoms with E-state index in [4.69, 9.17) is 18.6 Å². The third-order valence-corrected chi connectivity index (χ3v) is 11.0. The van der Waals surface area contributed by atoms with E-state index < -0.39 is 39.0 Å². The Morgan fingerprint density at radius 1 is 0.848 bits per heavy atom. The summed E-state index contributed by atoms with van der Waals surface area (Å²) < 4.78 is 24.2. The van der Waals surface area contributed by atoms with Crippen molar-refractivity contribution in [3.8, 4) is 0 Å². The molecule has 1 heterocycles. The van der Waals surface area contributed by atoms with Crippen molar-refractivity contribution in [1.29, 1.82) is 0 Å². The summed E-state index contributed by atoms with van der Waals surface area (Å²) in [5.41, 5.74) is 2.00. The summed E-state index contributed by atoms with van der Waals surface area (Å²) in [6, 6.07) is 19.5. The molecule has 2 aromatic carbocycles. The zero-order valence-electron chi connectivity index (χ0n) is 20.3. The van der Waals surface area contributed by atoms with Crippen molar-refractivity contribution in [2.75, 3.05) is 6.61 Å². The van der Waals surface area contributed by atoms with E-state index in [1.165, 1.54) is 0 Å². The van der Waals surface area contributed by atoms with E-state index >= 15 is 0 Å². The highest BCUT2D eigenvalue weighted by Crippen LogP contribution is 2.39. The van der Waals surface area contributed by atoms with Crippen LogP contribution in [0.25, 0.3) is 0 Å². The van der Waals surface area contributed by atoms with Crippen molar-refractivity contribution in [2.24, 2.45) is 0 Å². The van der Waals surface area contributed by atoms with Gasteiger partial charge < -0.3 is 28.8 Å². The summed E-state index contributed by atoms with van der Waals surface area (Å²) in [7, 11) is -2.27. The number of aliphatic hydroxyl groups excluding tert-OH is 2. The zero-order valence-corrected chi connectivity index (χ0v) is 21.3. The fourth-order valence-corrected chi connectivity index (χ4v) is 4.82. The Labute approximate surface area is 198 Å². The van der Waals surface area contributed by atoms with Crippen LogP contribution in [0.2, 0.25) is 18.1 Å². The standard InChI is InChI=1S/C26H38O6Si/c1-26(2,3)33(4,5)32-23-22(27)21(18-29-16-19-12-8-6-9-13-19)31-25(28)24(23)30-17-20-14-10-7-11-15-20/h6-15,21-25,27-28H,16-18H2,1-5H3/t21-,22+,23+,24-,25-/m1/s1. The first kappa shape index (κ1) is 26.0. The average molecular weight is 475 g/mol. The summed E-state index contributed by atoms with van der Waals surface area (Å²) in [6.07, 6.45) is -4.52. The Morgan fingerprint density at radius 3 is 1.94 bits per heavy atom. The smallest absolute Gasteiger partial charge is 0.192 e. The van der Waals surface area contributed by atoms with Crippen molar-refractivity contribution in [2.45, 2.75) is 82.8 Å². The van der Waals surface area contributed by atoms with Crippen molar-refractivity contribution in [3.63, 3.8) is 0 Å². The van der Waals surface area contributed by atoms with E-state index in [0.29, 0.717) is 6.61 Å². The van der Waals surface area contributed by atoms with E-state index in [0.717, 1.165) is 11.1 Å². The molecule has 7 heteroatoms. The molecule has 0 aliphatic carbocycles. The first-order valence-electron chi connectivity index (χ1n) is 11.5. The normalized spacial score (nSPS) is 26.3. The maximum absolute atomic E-state index is 11.2. The van der Waals surface area contributed by atoms with Crippen LogP contribution < -0.4 is 0 Å². The van der Waals surface area contributed by atoms with Crippen LogP contribution in [0.1, 0.15) is 31.9 Å². The second-order valence-corrected chi connectivity index (χ2v) is 14.9. The predicted octanol–water partition coefficient (Wildman–Crippen LogP) is 4.26. The number of benzene rings is 2. The molecule has 1 aliphatic rings. The van der Waals surface area contributed by atoms with E-state index in [2.05, 4.69) is 33.9 Å². The molecule has 0 spiro atoms. The van der Waals surface area contributed by atoms with Gasteiger partial charge in [0.25, 0.3) is 0 Å². The van der Waals surface area contributed by atoms with E-state index in [1.807, 2.05) is 60.7 Å². The molecule has 6 nitrogen and oxygen atoms in total. The van der Waals surface area contributed by atoms with Gasteiger partial charge in [0.15, 0.2) is 14.6 Å². The predicted molar refractivity (Wildman–Crippen MR) is 130 cm³/mol. The molecule has 5 atom stereocenters. The second-order valence-electron chi connectivity index (χ2n) is 10.2. The van der Waals surface area contributed by atoms with Crippen LogP contribution in [0, 0.1) is 0 Å². The molecule has 2 N–H and O–H groups in total. The van der Waals surface area contributed by atoms with Crippen molar-refractivity contribution >= 4 is 8.32 Å². The monoisotopic (exact) mass is 474 g/mol. The van der Waals surface area contributed by atoms with Gasteiger partial charge >= 0.3 is 0 Å². The highest BCUT2D eigenvalue weighted by Gasteiger charge is 2.50. The number of hydrogen-bond acceptors (Lipinski definition) is 6. The highest BCUT2D eigenvalue weighted by molar-refractivity contribution is 6.74. The maximum atomic E-state index is 11.2. The lowest BCUT2D eigenvalue weighted by atomic mass is 9.99. The third-order valence-electron chi connectivity index (χ3n) is 6.55. The van der Waals surface area contributed by atoms with E-state index in [-0.39, 0.29) is 18.3 Å². The minimum absolute atomic E-state index is 0.0702. The molecule has 3 rings (SSSR count). The molecule has 1 aliphatic heterocycles. The fraction of sp³-hybridized carbons (Fsp3) is 0.538. The molecule has 0 unspecified atom stereocenters. The van der Waals surface area contributed by atoms with E-state index in [1.54, 1.807) is 0 Å². The van der Waals surface area contributed by atoms with Crippen LogP contribution in [0.4, 0.5) is 0 Å². The molecule has 2 aromatic rings. The molecule has 33 heavy (non-hydrogen) atoms. The summed E-state index contributed by atoms with van der Waals surface area (Å²) >= 11 is 0. The number of ether oxygens (including phenoxy) is 3. The molecule has 0 amide bonds. The Hall–Kier alpha value is -1.58. The quantitative estimate of drug-likeness (QED) is 0.529. The fourth-order valence-electron chi connectivity index (χ4n) is 3.51. The molecule has 0 saturated carbocycles. The SMILES string of the molecule is CC(C)(C)[Si](C)(C)O[C@H]1[C@@H](O)[C@@H](COCc2ccccc2)O[C@@H](O)[C@@H]1OCc1ccccc1. The molecule has 0 bridgehead atoms. The van der Waals surface area contributed by atoms with Gasteiger partial charge in [-0.1, -0.05) is 81.4 Å². The summed E-state index contributed by atoms with van der Waals surface area (Å²) in [5, 5.41) is 22.0. The van der Waals surface area contributed by atoms with E-state index in [9.17, 15) is 10.2 Å². The Balaban J connectivity index is 1.72. The average Bonchev–Trinajstić information content (AvgIpc) is 2.77. The molecule has 0 radical (unpaired) electrons. The Bertz CT molecular complexity index is 839. The minimum Gasteiger partial charge on any atom is -0.408 e. The lowest BCUT2D eigenvalue weighted by Crippen LogP contribution is -2.63. The first-order chi connectivity index (χ1) is 15.6. The topological polar surface area (TPSA) is 77.4 Å². The second kappa shape index (κ2) is 11.2. The molecule has 1 fully saturated rings. The van der Waals surface area contributed by atoms with Gasteiger partial charge in [-0.15, -0.1) is 0 Å². The van der Waals surface area contributed by atoms with Gasteiger partial charge in [-0.25, -0.2) is 0 Å². The minimum atomic E-state index is -2.27. The van der Waals surface area contributed by atoms with Crippen LogP contribution in [0.15, 0.2) is 60.7 Å². The van der Waals surface area contributed by atoms with Gasteiger partial charge in [0.1, 0.15) is 24.4 Å². The first-order valence-corrected chi connectivity index (χ1v) is 14.5. The van der Waals surface area contributed by atoms with Crippen LogP contribution >= 0.6 is 0 Å². The summed E-state index contributed by atoms with van der Waals surface area (Å²) in [5.74, 6) is 0. The number of rotatable bonds is 9.